The largest absolute Gasteiger partial charge is 0.354 e. The second-order valence-electron chi connectivity index (χ2n) is 17.7. The normalized spacial score (nSPS) is 17.2. The maximum atomic E-state index is 12.5. The van der Waals surface area contributed by atoms with Crippen LogP contribution in [0.25, 0.3) is 5.57 Å². The van der Waals surface area contributed by atoms with E-state index in [1.54, 1.807) is 30.3 Å². The van der Waals surface area contributed by atoms with Crippen LogP contribution in [0.1, 0.15) is 101 Å². The highest BCUT2D eigenvalue weighted by Crippen LogP contribution is 2.50. The van der Waals surface area contributed by atoms with Crippen molar-refractivity contribution in [2.45, 2.75) is 106 Å². The number of amides is 3. The second-order valence-corrected chi connectivity index (χ2v) is 20.6. The Bertz CT molecular complexity index is 2770. The first-order chi connectivity index (χ1) is 31.1. The van der Waals surface area contributed by atoms with Crippen LogP contribution < -0.4 is 10.2 Å². The number of nitro benzene ring substituents is 1. The lowest BCUT2D eigenvalue weighted by Crippen LogP contribution is -2.38. The molecule has 0 saturated carbocycles. The number of nitrogens with zero attached hydrogens (tertiary/aromatic N) is 3. The Morgan fingerprint density at radius 1 is 0.727 bits per heavy atom. The van der Waals surface area contributed by atoms with Gasteiger partial charge in [0.15, 0.2) is 0 Å². The van der Waals surface area contributed by atoms with Crippen LogP contribution in [0.15, 0.2) is 124 Å². The third-order valence-corrected chi connectivity index (χ3v) is 14.3. The summed E-state index contributed by atoms with van der Waals surface area (Å²) in [6.45, 7) is 8.85. The van der Waals surface area contributed by atoms with Gasteiger partial charge < -0.3 is 10.2 Å². The maximum Gasteiger partial charge on any atom is 0.294 e. The third-order valence-electron chi connectivity index (χ3n) is 12.6. The molecule has 2 aliphatic heterocycles. The first-order valence-electron chi connectivity index (χ1n) is 22.0. The number of carbonyl (C=O) groups is 3. The molecule has 1 aliphatic carbocycles. The Morgan fingerprint density at radius 2 is 1.35 bits per heavy atom. The van der Waals surface area contributed by atoms with Crippen LogP contribution in [0.4, 0.5) is 11.4 Å². The SMILES string of the molecule is CC1(C)C(/C=C/C=C/C=C2/N(CCCCCC(=O)NCCN3C(=O)C=CC3=O)c3ccc(S(=O)(=O)O)cc3C2(C)C)=C(CCCCCc2ccc([N+](=O)[O-])cc2)c2ccc(S(=O)(=O)O)cc21. The summed E-state index contributed by atoms with van der Waals surface area (Å²) in [6.07, 6.45) is 18.5. The number of anilines is 1. The molecule has 0 aromatic heterocycles. The van der Waals surface area contributed by atoms with Crippen molar-refractivity contribution in [3.8, 4) is 0 Å². The Morgan fingerprint density at radius 3 is 2.00 bits per heavy atom. The molecule has 3 aliphatic rings. The quantitative estimate of drug-likeness (QED) is 0.0229. The smallest absolute Gasteiger partial charge is 0.294 e. The van der Waals surface area contributed by atoms with Gasteiger partial charge in [0.05, 0.1) is 14.7 Å². The van der Waals surface area contributed by atoms with Crippen molar-refractivity contribution in [3.05, 3.63) is 147 Å². The predicted molar refractivity (Wildman–Crippen MR) is 252 cm³/mol. The highest BCUT2D eigenvalue weighted by atomic mass is 32.2. The lowest BCUT2D eigenvalue weighted by molar-refractivity contribution is -0.384. The molecule has 0 radical (unpaired) electrons. The molecule has 0 saturated heterocycles. The molecule has 6 rings (SSSR count). The van der Waals surface area contributed by atoms with Crippen molar-refractivity contribution in [2.75, 3.05) is 24.5 Å². The minimum atomic E-state index is -4.46. The van der Waals surface area contributed by atoms with Gasteiger partial charge in [0.2, 0.25) is 5.91 Å². The molecule has 17 heteroatoms. The third kappa shape index (κ3) is 11.3. The van der Waals surface area contributed by atoms with Gasteiger partial charge in [0.1, 0.15) is 0 Å². The number of nitro groups is 1. The van der Waals surface area contributed by atoms with E-state index >= 15 is 0 Å². The second kappa shape index (κ2) is 20.2. The molecule has 66 heavy (non-hydrogen) atoms. The topological polar surface area (TPSA) is 222 Å². The summed E-state index contributed by atoms with van der Waals surface area (Å²) in [5.74, 6) is -0.983. The summed E-state index contributed by atoms with van der Waals surface area (Å²) < 4.78 is 68.5. The Balaban J connectivity index is 1.16. The number of carbonyl (C=O) groups excluding carboxylic acids is 3. The molecule has 3 aromatic carbocycles. The number of hydrogen-bond donors (Lipinski definition) is 3. The fourth-order valence-corrected chi connectivity index (χ4v) is 10.0. The molecule has 350 valence electrons. The van der Waals surface area contributed by atoms with Gasteiger partial charge in [0.25, 0.3) is 37.7 Å². The van der Waals surface area contributed by atoms with Crippen molar-refractivity contribution in [1.82, 2.24) is 10.2 Å². The number of hydrogen-bond acceptors (Lipinski definition) is 10. The van der Waals surface area contributed by atoms with Gasteiger partial charge in [-0.1, -0.05) is 83.0 Å². The number of rotatable bonds is 21. The standard InChI is InChI=1S/C49H56N4O11S2/c1-48(2)40(38(39-25-23-36(32-41(39)48)65(59,60)61)15-9-5-8-14-34-19-21-35(22-20-34)53(57)58)16-10-6-11-17-44-49(3,4)42-33-37(66(62,63)64)24-26-43(42)51(44)30-13-7-12-18-45(54)50-29-31-52-46(55)27-28-47(52)56/h6,10-11,16-17,19-28,32-33H,5,7-9,12-15,18,29-31H2,1-4H3,(H,50,54)(H,59,60,61)(H,62,63,64)/b11-6+,16-10+,44-17+. The van der Waals surface area contributed by atoms with E-state index in [0.29, 0.717) is 32.2 Å². The van der Waals surface area contributed by atoms with E-state index in [4.69, 9.17) is 0 Å². The minimum absolute atomic E-state index is 0.0541. The van der Waals surface area contributed by atoms with Gasteiger partial charge in [-0.15, -0.1) is 0 Å². The summed E-state index contributed by atoms with van der Waals surface area (Å²) in [7, 11) is -8.90. The zero-order valence-electron chi connectivity index (χ0n) is 37.5. The average Bonchev–Trinajstić information content (AvgIpc) is 3.77. The minimum Gasteiger partial charge on any atom is -0.354 e. The monoisotopic (exact) mass is 940 g/mol. The summed E-state index contributed by atoms with van der Waals surface area (Å²) in [6, 6.07) is 15.9. The van der Waals surface area contributed by atoms with Gasteiger partial charge in [-0.2, -0.15) is 16.8 Å². The zero-order chi connectivity index (χ0) is 48.0. The number of unbranched alkanes of at least 4 members (excludes halogenated alkanes) is 4. The van der Waals surface area contributed by atoms with Gasteiger partial charge in [-0.05, 0) is 108 Å². The van der Waals surface area contributed by atoms with Crippen LogP contribution in [0.2, 0.25) is 0 Å². The highest BCUT2D eigenvalue weighted by molar-refractivity contribution is 7.86. The van der Waals surface area contributed by atoms with Gasteiger partial charge >= 0.3 is 0 Å². The zero-order valence-corrected chi connectivity index (χ0v) is 39.2. The van der Waals surface area contributed by atoms with Crippen LogP contribution in [0.5, 0.6) is 0 Å². The fraction of sp³-hybridized carbons (Fsp3) is 0.367. The summed E-state index contributed by atoms with van der Waals surface area (Å²) in [5.41, 5.74) is 6.04. The van der Waals surface area contributed by atoms with Crippen molar-refractivity contribution in [2.24, 2.45) is 0 Å². The van der Waals surface area contributed by atoms with Crippen LogP contribution in [-0.4, -0.2) is 73.1 Å². The average molecular weight is 941 g/mol. The molecule has 0 fully saturated rings. The summed E-state index contributed by atoms with van der Waals surface area (Å²) in [4.78, 5) is 49.5. The van der Waals surface area contributed by atoms with E-state index in [-0.39, 0.29) is 40.9 Å². The Kier molecular flexibility index (Phi) is 15.2. The Hall–Kier alpha value is -6.01. The van der Waals surface area contributed by atoms with E-state index in [1.807, 2.05) is 58.1 Å². The number of benzene rings is 3. The summed E-state index contributed by atoms with van der Waals surface area (Å²) >= 11 is 0. The van der Waals surface area contributed by atoms with E-state index in [1.165, 1.54) is 42.5 Å². The lowest BCUT2D eigenvalue weighted by atomic mass is 9.81. The maximum absolute atomic E-state index is 12.5. The van der Waals surface area contributed by atoms with Crippen molar-refractivity contribution >= 4 is 54.9 Å². The molecule has 0 unspecified atom stereocenters. The van der Waals surface area contributed by atoms with Crippen LogP contribution in [0, 0.1) is 10.1 Å². The fourth-order valence-electron chi connectivity index (χ4n) is 9.00. The lowest BCUT2D eigenvalue weighted by Gasteiger charge is -2.27. The molecule has 0 atom stereocenters. The molecule has 0 bridgehead atoms. The highest BCUT2D eigenvalue weighted by Gasteiger charge is 2.41. The first kappa shape index (κ1) is 49.4. The molecule has 3 N–H and O–H groups in total. The number of imide groups is 1. The predicted octanol–water partition coefficient (Wildman–Crippen LogP) is 8.33. The number of aryl methyl sites for hydroxylation is 1. The number of nitrogens with one attached hydrogen (secondary N) is 1. The number of non-ortho nitro benzene ring substituents is 1. The summed E-state index contributed by atoms with van der Waals surface area (Å²) in [5, 5.41) is 13.8. The van der Waals surface area contributed by atoms with Crippen LogP contribution in [0.3, 0.4) is 0 Å². The van der Waals surface area contributed by atoms with Crippen LogP contribution in [-0.2, 0) is 51.9 Å². The molecule has 3 aromatic rings. The van der Waals surface area contributed by atoms with Gasteiger partial charge in [-0.3, -0.25) is 38.5 Å². The van der Waals surface area contributed by atoms with E-state index < -0.39 is 47.8 Å². The number of fused-ring (bicyclic) bond motifs is 2. The van der Waals surface area contributed by atoms with E-state index in [9.17, 15) is 50.4 Å². The van der Waals surface area contributed by atoms with Crippen LogP contribution >= 0.6 is 0 Å². The molecule has 15 nitrogen and oxygen atoms in total. The molecular formula is C49H56N4O11S2. The van der Waals surface area contributed by atoms with E-state index in [2.05, 4.69) is 10.2 Å². The molecule has 2 heterocycles. The number of allylic oxidation sites excluding steroid dienone is 8. The van der Waals surface area contributed by atoms with Crippen molar-refractivity contribution < 1.29 is 45.2 Å². The van der Waals surface area contributed by atoms with Gasteiger partial charge in [-0.25, -0.2) is 0 Å². The van der Waals surface area contributed by atoms with Crippen molar-refractivity contribution in [1.29, 1.82) is 0 Å². The molecule has 0 spiro atoms. The van der Waals surface area contributed by atoms with Crippen molar-refractivity contribution in [3.63, 3.8) is 0 Å². The molecular weight excluding hydrogens is 885 g/mol. The first-order valence-corrected chi connectivity index (χ1v) is 24.8. The van der Waals surface area contributed by atoms with E-state index in [0.717, 1.165) is 75.4 Å². The Labute approximate surface area is 386 Å². The van der Waals surface area contributed by atoms with Gasteiger partial charge in [0, 0.05) is 72.6 Å². The molecule has 3 amide bonds.